The minimum absolute atomic E-state index is 0.173. The summed E-state index contributed by atoms with van der Waals surface area (Å²) in [4.78, 5) is 14.9. The van der Waals surface area contributed by atoms with E-state index in [1.807, 2.05) is 29.2 Å². The topological polar surface area (TPSA) is 46.3 Å². The van der Waals surface area contributed by atoms with Crippen molar-refractivity contribution in [2.24, 2.45) is 5.73 Å². The Bertz CT molecular complexity index is 419. The van der Waals surface area contributed by atoms with E-state index in [2.05, 4.69) is 0 Å². The third-order valence-electron chi connectivity index (χ3n) is 3.08. The SMILES string of the molecule is NC1CCN(C(=O)CSc2ccccc2Cl)CC1. The van der Waals surface area contributed by atoms with Crippen molar-refractivity contribution in [2.75, 3.05) is 18.8 Å². The Morgan fingerprint density at radius 1 is 1.39 bits per heavy atom. The van der Waals surface area contributed by atoms with Crippen LogP contribution in [0.2, 0.25) is 5.02 Å². The van der Waals surface area contributed by atoms with Crippen molar-refractivity contribution in [3.05, 3.63) is 29.3 Å². The van der Waals surface area contributed by atoms with Gasteiger partial charge in [-0.2, -0.15) is 0 Å². The van der Waals surface area contributed by atoms with Crippen LogP contribution in [0.5, 0.6) is 0 Å². The molecule has 0 radical (unpaired) electrons. The van der Waals surface area contributed by atoms with E-state index >= 15 is 0 Å². The molecule has 98 valence electrons. The molecule has 1 aliphatic heterocycles. The van der Waals surface area contributed by atoms with E-state index in [1.54, 1.807) is 0 Å². The fourth-order valence-electron chi connectivity index (χ4n) is 1.94. The predicted molar refractivity (Wildman–Crippen MR) is 76.0 cm³/mol. The summed E-state index contributed by atoms with van der Waals surface area (Å²) in [5.41, 5.74) is 5.82. The first-order valence-electron chi connectivity index (χ1n) is 6.07. The highest BCUT2D eigenvalue weighted by Gasteiger charge is 2.20. The Kier molecular flexibility index (Phi) is 4.92. The lowest BCUT2D eigenvalue weighted by atomic mass is 10.1. The quantitative estimate of drug-likeness (QED) is 0.867. The van der Waals surface area contributed by atoms with Crippen LogP contribution in [0.15, 0.2) is 29.2 Å². The van der Waals surface area contributed by atoms with Crippen molar-refractivity contribution in [3.8, 4) is 0 Å². The first-order valence-corrected chi connectivity index (χ1v) is 7.44. The van der Waals surface area contributed by atoms with Crippen LogP contribution in [0.4, 0.5) is 0 Å². The number of nitrogens with two attached hydrogens (primary N) is 1. The van der Waals surface area contributed by atoms with E-state index in [0.717, 1.165) is 30.8 Å². The summed E-state index contributed by atoms with van der Waals surface area (Å²) in [7, 11) is 0. The molecule has 3 nitrogen and oxygen atoms in total. The van der Waals surface area contributed by atoms with Gasteiger partial charge in [0, 0.05) is 24.0 Å². The van der Waals surface area contributed by atoms with Gasteiger partial charge in [0.1, 0.15) is 0 Å². The van der Waals surface area contributed by atoms with Crippen LogP contribution in [0.25, 0.3) is 0 Å². The van der Waals surface area contributed by atoms with Crippen LogP contribution in [0.1, 0.15) is 12.8 Å². The van der Waals surface area contributed by atoms with E-state index in [1.165, 1.54) is 11.8 Å². The Labute approximate surface area is 117 Å². The molecular formula is C13H17ClN2OS. The number of hydrogen-bond donors (Lipinski definition) is 1. The number of halogens is 1. The Balaban J connectivity index is 1.83. The van der Waals surface area contributed by atoms with Gasteiger partial charge in [0.2, 0.25) is 5.91 Å². The second kappa shape index (κ2) is 6.45. The van der Waals surface area contributed by atoms with Crippen LogP contribution in [0, 0.1) is 0 Å². The highest BCUT2D eigenvalue weighted by atomic mass is 35.5. The fourth-order valence-corrected chi connectivity index (χ4v) is 3.08. The van der Waals surface area contributed by atoms with Gasteiger partial charge in [-0.25, -0.2) is 0 Å². The van der Waals surface area contributed by atoms with Gasteiger partial charge in [0.05, 0.1) is 10.8 Å². The molecule has 18 heavy (non-hydrogen) atoms. The standard InChI is InChI=1S/C13H17ClN2OS/c14-11-3-1-2-4-12(11)18-9-13(17)16-7-5-10(15)6-8-16/h1-4,10H,5-9,15H2. The van der Waals surface area contributed by atoms with E-state index in [9.17, 15) is 4.79 Å². The molecule has 0 saturated carbocycles. The second-order valence-electron chi connectivity index (χ2n) is 4.44. The summed E-state index contributed by atoms with van der Waals surface area (Å²) in [5.74, 6) is 0.616. The van der Waals surface area contributed by atoms with Gasteiger partial charge in [-0.05, 0) is 25.0 Å². The van der Waals surface area contributed by atoms with E-state index < -0.39 is 0 Å². The minimum atomic E-state index is 0.173. The normalized spacial score (nSPS) is 16.9. The highest BCUT2D eigenvalue weighted by Crippen LogP contribution is 2.26. The summed E-state index contributed by atoms with van der Waals surface area (Å²) in [6, 6.07) is 7.85. The molecule has 1 aromatic rings. The van der Waals surface area contributed by atoms with Gasteiger partial charge in [-0.15, -0.1) is 11.8 Å². The number of thioether (sulfide) groups is 1. The third-order valence-corrected chi connectivity index (χ3v) is 4.58. The Morgan fingerprint density at radius 2 is 2.06 bits per heavy atom. The molecule has 0 unspecified atom stereocenters. The van der Waals surface area contributed by atoms with Gasteiger partial charge in [0.15, 0.2) is 0 Å². The van der Waals surface area contributed by atoms with E-state index in [-0.39, 0.29) is 11.9 Å². The molecule has 0 atom stereocenters. The number of benzene rings is 1. The maximum Gasteiger partial charge on any atom is 0.232 e. The molecule has 1 aromatic carbocycles. The number of carbonyl (C=O) groups excluding carboxylic acids is 1. The highest BCUT2D eigenvalue weighted by molar-refractivity contribution is 8.00. The number of amides is 1. The first-order chi connectivity index (χ1) is 8.66. The van der Waals surface area contributed by atoms with Crippen molar-refractivity contribution in [3.63, 3.8) is 0 Å². The zero-order valence-corrected chi connectivity index (χ0v) is 11.7. The van der Waals surface area contributed by atoms with Gasteiger partial charge < -0.3 is 10.6 Å². The molecule has 0 aliphatic carbocycles. The van der Waals surface area contributed by atoms with E-state index in [4.69, 9.17) is 17.3 Å². The fraction of sp³-hybridized carbons (Fsp3) is 0.462. The van der Waals surface area contributed by atoms with Crippen molar-refractivity contribution in [2.45, 2.75) is 23.8 Å². The summed E-state index contributed by atoms with van der Waals surface area (Å²) >= 11 is 7.55. The molecule has 1 heterocycles. The number of rotatable bonds is 3. The van der Waals surface area contributed by atoms with Gasteiger partial charge in [-0.3, -0.25) is 4.79 Å². The van der Waals surface area contributed by atoms with Crippen LogP contribution >= 0.6 is 23.4 Å². The minimum Gasteiger partial charge on any atom is -0.342 e. The maximum absolute atomic E-state index is 12.0. The molecule has 1 saturated heterocycles. The monoisotopic (exact) mass is 284 g/mol. The van der Waals surface area contributed by atoms with Crippen molar-refractivity contribution in [1.82, 2.24) is 4.90 Å². The molecule has 0 spiro atoms. The van der Waals surface area contributed by atoms with Crippen LogP contribution < -0.4 is 5.73 Å². The number of hydrogen-bond acceptors (Lipinski definition) is 3. The van der Waals surface area contributed by atoms with Gasteiger partial charge >= 0.3 is 0 Å². The molecule has 2 rings (SSSR count). The van der Waals surface area contributed by atoms with Crippen LogP contribution in [0.3, 0.4) is 0 Å². The van der Waals surface area contributed by atoms with Crippen molar-refractivity contribution in [1.29, 1.82) is 0 Å². The Morgan fingerprint density at radius 3 is 2.72 bits per heavy atom. The largest absolute Gasteiger partial charge is 0.342 e. The Hall–Kier alpha value is -0.710. The molecule has 5 heteroatoms. The van der Waals surface area contributed by atoms with E-state index in [0.29, 0.717) is 10.8 Å². The van der Waals surface area contributed by atoms with Gasteiger partial charge in [0.25, 0.3) is 0 Å². The lowest BCUT2D eigenvalue weighted by Gasteiger charge is -2.30. The summed E-state index contributed by atoms with van der Waals surface area (Å²) in [5, 5.41) is 0.705. The number of piperidine rings is 1. The molecule has 1 amide bonds. The number of carbonyl (C=O) groups is 1. The van der Waals surface area contributed by atoms with Gasteiger partial charge in [-0.1, -0.05) is 23.7 Å². The zero-order valence-electron chi connectivity index (χ0n) is 10.1. The second-order valence-corrected chi connectivity index (χ2v) is 5.86. The summed E-state index contributed by atoms with van der Waals surface area (Å²) in [6.45, 7) is 1.56. The summed E-state index contributed by atoms with van der Waals surface area (Å²) < 4.78 is 0. The van der Waals surface area contributed by atoms with Crippen molar-refractivity contribution < 1.29 is 4.79 Å². The molecule has 1 fully saturated rings. The summed E-state index contributed by atoms with van der Waals surface area (Å²) in [6.07, 6.45) is 1.81. The molecular weight excluding hydrogens is 268 g/mol. The molecule has 2 N–H and O–H groups in total. The zero-order chi connectivity index (χ0) is 13.0. The maximum atomic E-state index is 12.0. The van der Waals surface area contributed by atoms with Crippen LogP contribution in [-0.4, -0.2) is 35.7 Å². The average Bonchev–Trinajstić information content (AvgIpc) is 2.38. The average molecular weight is 285 g/mol. The smallest absolute Gasteiger partial charge is 0.232 e. The molecule has 0 aromatic heterocycles. The first kappa shape index (κ1) is 13.7. The third kappa shape index (κ3) is 3.64. The number of likely N-dealkylation sites (tertiary alicyclic amines) is 1. The van der Waals surface area contributed by atoms with Crippen LogP contribution in [-0.2, 0) is 4.79 Å². The number of nitrogens with zero attached hydrogens (tertiary/aromatic N) is 1. The lowest BCUT2D eigenvalue weighted by molar-refractivity contribution is -0.129. The predicted octanol–water partition coefficient (Wildman–Crippen LogP) is 2.38. The molecule has 0 bridgehead atoms. The van der Waals surface area contributed by atoms with Crippen molar-refractivity contribution >= 4 is 29.3 Å². The molecule has 1 aliphatic rings. The lowest BCUT2D eigenvalue weighted by Crippen LogP contribution is -2.43.